The molecule has 0 saturated heterocycles. The van der Waals surface area contributed by atoms with E-state index in [-0.39, 0.29) is 28.1 Å². The molecule has 0 bridgehead atoms. The standard InChI is InChI=1S/C26H21BrClN3O5/c1-14-8-9-15(24(32)30-18-7-5-4-6-17(18)27)12-19(14)29-23-22(28)25(33)31(26(23)34)20-11-10-16(35-2)13-21(20)36-3/h4-13,29H,1-3H3,(H,30,32). The molecule has 0 aliphatic carbocycles. The van der Waals surface area contributed by atoms with E-state index in [2.05, 4.69) is 26.6 Å². The maximum absolute atomic E-state index is 13.3. The number of aryl methyl sites for hydroxylation is 1. The molecule has 1 aliphatic rings. The average molecular weight is 571 g/mol. The zero-order valence-corrected chi connectivity index (χ0v) is 21.9. The number of hydrogen-bond acceptors (Lipinski definition) is 6. The minimum absolute atomic E-state index is 0.106. The van der Waals surface area contributed by atoms with Gasteiger partial charge in [-0.2, -0.15) is 0 Å². The summed E-state index contributed by atoms with van der Waals surface area (Å²) in [6, 6.07) is 16.9. The summed E-state index contributed by atoms with van der Waals surface area (Å²) in [7, 11) is 2.92. The minimum atomic E-state index is -0.701. The Bertz CT molecular complexity index is 1420. The number of hydrogen-bond donors (Lipinski definition) is 2. The van der Waals surface area contributed by atoms with Crippen molar-refractivity contribution in [3.05, 3.63) is 87.0 Å². The molecule has 4 rings (SSSR count). The number of benzene rings is 3. The first-order valence-electron chi connectivity index (χ1n) is 10.7. The van der Waals surface area contributed by atoms with Gasteiger partial charge in [-0.15, -0.1) is 0 Å². The fraction of sp³-hybridized carbons (Fsp3) is 0.115. The molecule has 0 atom stereocenters. The van der Waals surface area contributed by atoms with E-state index in [0.29, 0.717) is 22.7 Å². The molecule has 184 valence electrons. The number of ether oxygens (including phenoxy) is 2. The number of para-hydroxylation sites is 1. The van der Waals surface area contributed by atoms with Crippen LogP contribution >= 0.6 is 27.5 Å². The summed E-state index contributed by atoms with van der Waals surface area (Å²) >= 11 is 9.71. The van der Waals surface area contributed by atoms with E-state index in [1.165, 1.54) is 14.2 Å². The van der Waals surface area contributed by atoms with Crippen LogP contribution in [0.2, 0.25) is 0 Å². The van der Waals surface area contributed by atoms with Gasteiger partial charge < -0.3 is 20.1 Å². The summed E-state index contributed by atoms with van der Waals surface area (Å²) in [5.74, 6) is -0.934. The lowest BCUT2D eigenvalue weighted by molar-refractivity contribution is -0.120. The number of rotatable bonds is 7. The highest BCUT2D eigenvalue weighted by molar-refractivity contribution is 9.10. The minimum Gasteiger partial charge on any atom is -0.497 e. The number of nitrogens with one attached hydrogen (secondary N) is 2. The molecule has 36 heavy (non-hydrogen) atoms. The molecule has 0 radical (unpaired) electrons. The Morgan fingerprint density at radius 2 is 1.69 bits per heavy atom. The van der Waals surface area contributed by atoms with Crippen molar-refractivity contribution < 1.29 is 23.9 Å². The Labute approximate surface area is 221 Å². The first-order valence-corrected chi connectivity index (χ1v) is 11.9. The monoisotopic (exact) mass is 569 g/mol. The van der Waals surface area contributed by atoms with Gasteiger partial charge >= 0.3 is 0 Å². The third kappa shape index (κ3) is 4.80. The van der Waals surface area contributed by atoms with Crippen molar-refractivity contribution >= 4 is 62.3 Å². The number of amides is 3. The van der Waals surface area contributed by atoms with Crippen molar-refractivity contribution in [2.75, 3.05) is 29.8 Å². The second-order valence-corrected chi connectivity index (χ2v) is 8.99. The molecule has 1 aliphatic heterocycles. The number of anilines is 3. The van der Waals surface area contributed by atoms with Gasteiger partial charge in [-0.25, -0.2) is 4.90 Å². The summed E-state index contributed by atoms with van der Waals surface area (Å²) in [5.41, 5.74) is 2.27. The van der Waals surface area contributed by atoms with Crippen molar-refractivity contribution in [3.63, 3.8) is 0 Å². The average Bonchev–Trinajstić information content (AvgIpc) is 3.09. The van der Waals surface area contributed by atoms with Crippen molar-refractivity contribution in [2.45, 2.75) is 6.92 Å². The molecule has 0 aromatic heterocycles. The highest BCUT2D eigenvalue weighted by Gasteiger charge is 2.40. The third-order valence-corrected chi connectivity index (χ3v) is 6.58. The maximum atomic E-state index is 13.3. The summed E-state index contributed by atoms with van der Waals surface area (Å²) in [4.78, 5) is 40.0. The SMILES string of the molecule is COc1ccc(N2C(=O)C(Cl)=C(Nc3cc(C(=O)Nc4ccccc4Br)ccc3C)C2=O)c(OC)c1. The molecule has 0 spiro atoms. The Kier molecular flexibility index (Phi) is 7.32. The molecule has 0 saturated carbocycles. The third-order valence-electron chi connectivity index (χ3n) is 5.54. The molecule has 8 nitrogen and oxygen atoms in total. The fourth-order valence-electron chi connectivity index (χ4n) is 3.59. The van der Waals surface area contributed by atoms with E-state index in [1.807, 2.05) is 18.2 Å². The predicted octanol–water partition coefficient (Wildman–Crippen LogP) is 5.46. The normalized spacial score (nSPS) is 13.2. The van der Waals surface area contributed by atoms with Crippen LogP contribution in [0.4, 0.5) is 17.1 Å². The number of imide groups is 1. The predicted molar refractivity (Wildman–Crippen MR) is 142 cm³/mol. The van der Waals surface area contributed by atoms with E-state index in [4.69, 9.17) is 21.1 Å². The summed E-state index contributed by atoms with van der Waals surface area (Å²) < 4.78 is 11.3. The van der Waals surface area contributed by atoms with Crippen molar-refractivity contribution in [1.29, 1.82) is 0 Å². The van der Waals surface area contributed by atoms with Crippen LogP contribution < -0.4 is 25.0 Å². The van der Waals surface area contributed by atoms with Crippen LogP contribution in [0.5, 0.6) is 11.5 Å². The Morgan fingerprint density at radius 1 is 0.944 bits per heavy atom. The van der Waals surface area contributed by atoms with Crippen LogP contribution in [0.1, 0.15) is 15.9 Å². The number of methoxy groups -OCH3 is 2. The molecular formula is C26H21BrClN3O5. The number of halogens is 2. The van der Waals surface area contributed by atoms with Crippen LogP contribution in [0.3, 0.4) is 0 Å². The topological polar surface area (TPSA) is 97.0 Å². The Morgan fingerprint density at radius 3 is 2.39 bits per heavy atom. The van der Waals surface area contributed by atoms with E-state index < -0.39 is 11.8 Å². The molecule has 3 aromatic carbocycles. The lowest BCUT2D eigenvalue weighted by Crippen LogP contribution is -2.32. The van der Waals surface area contributed by atoms with Gasteiger partial charge in [0.25, 0.3) is 17.7 Å². The zero-order valence-electron chi connectivity index (χ0n) is 19.5. The van der Waals surface area contributed by atoms with Gasteiger partial charge in [0.05, 0.1) is 25.6 Å². The van der Waals surface area contributed by atoms with E-state index in [9.17, 15) is 14.4 Å². The summed E-state index contributed by atoms with van der Waals surface area (Å²) in [6.07, 6.45) is 0. The number of carbonyl (C=O) groups excluding carboxylic acids is 3. The van der Waals surface area contributed by atoms with Crippen LogP contribution in [0.15, 0.2) is 75.9 Å². The smallest absolute Gasteiger partial charge is 0.283 e. The van der Waals surface area contributed by atoms with Crippen LogP contribution in [-0.2, 0) is 9.59 Å². The molecule has 3 aromatic rings. The highest BCUT2D eigenvalue weighted by Crippen LogP contribution is 2.38. The Balaban J connectivity index is 1.61. The fourth-order valence-corrected chi connectivity index (χ4v) is 4.19. The van der Waals surface area contributed by atoms with Crippen molar-refractivity contribution in [2.24, 2.45) is 0 Å². The lowest BCUT2D eigenvalue weighted by atomic mass is 10.1. The molecule has 1 heterocycles. The van der Waals surface area contributed by atoms with Crippen LogP contribution in [-0.4, -0.2) is 31.9 Å². The molecule has 2 N–H and O–H groups in total. The number of carbonyl (C=O) groups is 3. The van der Waals surface area contributed by atoms with Gasteiger partial charge in [0.1, 0.15) is 22.2 Å². The van der Waals surface area contributed by atoms with Gasteiger partial charge in [-0.3, -0.25) is 14.4 Å². The molecule has 0 fully saturated rings. The first-order chi connectivity index (χ1) is 17.2. The van der Waals surface area contributed by atoms with Gasteiger partial charge in [-0.05, 0) is 64.8 Å². The second-order valence-electron chi connectivity index (χ2n) is 7.76. The molecular weight excluding hydrogens is 550 g/mol. The zero-order chi connectivity index (χ0) is 26.0. The van der Waals surface area contributed by atoms with Crippen LogP contribution in [0, 0.1) is 6.92 Å². The van der Waals surface area contributed by atoms with E-state index >= 15 is 0 Å². The second kappa shape index (κ2) is 10.4. The largest absolute Gasteiger partial charge is 0.497 e. The van der Waals surface area contributed by atoms with Crippen molar-refractivity contribution in [1.82, 2.24) is 0 Å². The first kappa shape index (κ1) is 25.3. The van der Waals surface area contributed by atoms with Gasteiger partial charge in [0, 0.05) is 21.8 Å². The Hall–Kier alpha value is -3.82. The molecule has 3 amide bonds. The van der Waals surface area contributed by atoms with E-state index in [0.717, 1.165) is 14.9 Å². The maximum Gasteiger partial charge on any atom is 0.283 e. The van der Waals surface area contributed by atoms with E-state index in [1.54, 1.807) is 49.4 Å². The van der Waals surface area contributed by atoms with Gasteiger partial charge in [0.15, 0.2) is 0 Å². The highest BCUT2D eigenvalue weighted by atomic mass is 79.9. The summed E-state index contributed by atoms with van der Waals surface area (Å²) in [6.45, 7) is 1.80. The molecule has 10 heteroatoms. The van der Waals surface area contributed by atoms with Crippen LogP contribution in [0.25, 0.3) is 0 Å². The van der Waals surface area contributed by atoms with Crippen molar-refractivity contribution in [3.8, 4) is 11.5 Å². The van der Waals surface area contributed by atoms with Gasteiger partial charge in [0.2, 0.25) is 0 Å². The number of nitrogens with zero attached hydrogens (tertiary/aromatic N) is 1. The molecule has 0 unspecified atom stereocenters. The quantitative estimate of drug-likeness (QED) is 0.366. The summed E-state index contributed by atoms with van der Waals surface area (Å²) in [5, 5.41) is 5.51. The lowest BCUT2D eigenvalue weighted by Gasteiger charge is -2.19. The van der Waals surface area contributed by atoms with Gasteiger partial charge in [-0.1, -0.05) is 29.8 Å².